The predicted octanol–water partition coefficient (Wildman–Crippen LogP) is 3.10. The van der Waals surface area contributed by atoms with E-state index in [1.165, 1.54) is 12.8 Å². The summed E-state index contributed by atoms with van der Waals surface area (Å²) in [5, 5.41) is 12.9. The van der Waals surface area contributed by atoms with E-state index in [2.05, 4.69) is 18.3 Å². The van der Waals surface area contributed by atoms with Gasteiger partial charge < -0.3 is 5.32 Å². The van der Waals surface area contributed by atoms with Crippen molar-refractivity contribution in [1.29, 1.82) is 5.26 Å². The SMILES string of the molecule is CC1CC(NCc2ccc(C#N)cc2Cl)C1. The Balaban J connectivity index is 1.92. The molecule has 0 radical (unpaired) electrons. The molecule has 1 aromatic rings. The molecule has 0 atom stereocenters. The molecule has 1 fully saturated rings. The molecular formula is C13H15ClN2. The molecular weight excluding hydrogens is 220 g/mol. The van der Waals surface area contributed by atoms with E-state index < -0.39 is 0 Å². The minimum Gasteiger partial charge on any atom is -0.310 e. The molecule has 0 bridgehead atoms. The van der Waals surface area contributed by atoms with Crippen molar-refractivity contribution in [3.05, 3.63) is 34.3 Å². The molecule has 1 N–H and O–H groups in total. The van der Waals surface area contributed by atoms with E-state index in [4.69, 9.17) is 16.9 Å². The molecule has 0 spiro atoms. The number of nitrogens with zero attached hydrogens (tertiary/aromatic N) is 1. The Bertz CT molecular complexity index is 416. The van der Waals surface area contributed by atoms with Gasteiger partial charge in [-0.25, -0.2) is 0 Å². The van der Waals surface area contributed by atoms with Crippen LogP contribution in [-0.2, 0) is 6.54 Å². The Hall–Kier alpha value is -1.04. The molecule has 1 aliphatic carbocycles. The van der Waals surface area contributed by atoms with E-state index in [9.17, 15) is 0 Å². The van der Waals surface area contributed by atoms with Gasteiger partial charge in [0.1, 0.15) is 0 Å². The van der Waals surface area contributed by atoms with Crippen LogP contribution in [-0.4, -0.2) is 6.04 Å². The quantitative estimate of drug-likeness (QED) is 0.873. The van der Waals surface area contributed by atoms with E-state index in [-0.39, 0.29) is 0 Å². The molecule has 1 saturated carbocycles. The van der Waals surface area contributed by atoms with Gasteiger partial charge in [0.05, 0.1) is 11.6 Å². The second kappa shape index (κ2) is 4.86. The van der Waals surface area contributed by atoms with Crippen molar-refractivity contribution >= 4 is 11.6 Å². The number of rotatable bonds is 3. The van der Waals surface area contributed by atoms with E-state index in [1.54, 1.807) is 6.07 Å². The maximum absolute atomic E-state index is 8.72. The van der Waals surface area contributed by atoms with Gasteiger partial charge in [0.15, 0.2) is 0 Å². The van der Waals surface area contributed by atoms with Crippen molar-refractivity contribution in [3.63, 3.8) is 0 Å². The lowest BCUT2D eigenvalue weighted by atomic mass is 9.82. The van der Waals surface area contributed by atoms with E-state index in [1.807, 2.05) is 12.1 Å². The van der Waals surface area contributed by atoms with Gasteiger partial charge in [0.2, 0.25) is 0 Å². The summed E-state index contributed by atoms with van der Waals surface area (Å²) in [6, 6.07) is 8.19. The van der Waals surface area contributed by atoms with Crippen LogP contribution in [0.4, 0.5) is 0 Å². The van der Waals surface area contributed by atoms with Crippen molar-refractivity contribution in [2.24, 2.45) is 5.92 Å². The van der Waals surface area contributed by atoms with Crippen LogP contribution >= 0.6 is 11.6 Å². The average molecular weight is 235 g/mol. The summed E-state index contributed by atoms with van der Waals surface area (Å²) < 4.78 is 0. The average Bonchev–Trinajstić information content (AvgIpc) is 2.24. The maximum Gasteiger partial charge on any atom is 0.0992 e. The monoisotopic (exact) mass is 234 g/mol. The molecule has 2 nitrogen and oxygen atoms in total. The number of hydrogen-bond acceptors (Lipinski definition) is 2. The Labute approximate surface area is 101 Å². The Kier molecular flexibility index (Phi) is 3.48. The highest BCUT2D eigenvalue weighted by molar-refractivity contribution is 6.31. The van der Waals surface area contributed by atoms with Crippen molar-refractivity contribution in [2.45, 2.75) is 32.4 Å². The number of hydrogen-bond donors (Lipinski definition) is 1. The highest BCUT2D eigenvalue weighted by Crippen LogP contribution is 2.27. The summed E-state index contributed by atoms with van der Waals surface area (Å²) in [7, 11) is 0. The smallest absolute Gasteiger partial charge is 0.0992 e. The first-order valence-corrected chi connectivity index (χ1v) is 5.98. The summed E-state index contributed by atoms with van der Waals surface area (Å²) in [6.07, 6.45) is 2.52. The first-order valence-electron chi connectivity index (χ1n) is 5.61. The van der Waals surface area contributed by atoms with Crippen molar-refractivity contribution in [3.8, 4) is 6.07 Å². The Morgan fingerprint density at radius 2 is 2.25 bits per heavy atom. The molecule has 1 aromatic carbocycles. The van der Waals surface area contributed by atoms with Gasteiger partial charge in [-0.05, 0) is 36.5 Å². The fourth-order valence-electron chi connectivity index (χ4n) is 2.08. The van der Waals surface area contributed by atoms with Crippen LogP contribution in [0.1, 0.15) is 30.9 Å². The van der Waals surface area contributed by atoms with E-state index >= 15 is 0 Å². The van der Waals surface area contributed by atoms with Crippen LogP contribution in [0.15, 0.2) is 18.2 Å². The van der Waals surface area contributed by atoms with Gasteiger partial charge in [0, 0.05) is 17.6 Å². The second-order valence-corrected chi connectivity index (χ2v) is 4.98. The number of halogens is 1. The molecule has 0 heterocycles. The zero-order valence-corrected chi connectivity index (χ0v) is 10.1. The molecule has 84 valence electrons. The first-order chi connectivity index (χ1) is 7.69. The van der Waals surface area contributed by atoms with Crippen molar-refractivity contribution in [1.82, 2.24) is 5.32 Å². The normalized spacial score (nSPS) is 23.6. The van der Waals surface area contributed by atoms with Gasteiger partial charge in [-0.3, -0.25) is 0 Å². The molecule has 3 heteroatoms. The molecule has 0 amide bonds. The van der Waals surface area contributed by atoms with E-state index in [0.29, 0.717) is 16.6 Å². The Morgan fingerprint density at radius 1 is 1.50 bits per heavy atom. The molecule has 0 unspecified atom stereocenters. The highest BCUT2D eigenvalue weighted by atomic mass is 35.5. The summed E-state index contributed by atoms with van der Waals surface area (Å²) in [4.78, 5) is 0. The molecule has 0 aromatic heterocycles. The molecule has 1 aliphatic rings. The fraction of sp³-hybridized carbons (Fsp3) is 0.462. The third-order valence-electron chi connectivity index (χ3n) is 3.14. The molecule has 2 rings (SSSR count). The predicted molar refractivity (Wildman–Crippen MR) is 65.2 cm³/mol. The third kappa shape index (κ3) is 2.55. The lowest BCUT2D eigenvalue weighted by Crippen LogP contribution is -2.39. The number of benzene rings is 1. The largest absolute Gasteiger partial charge is 0.310 e. The van der Waals surface area contributed by atoms with Gasteiger partial charge in [-0.2, -0.15) is 5.26 Å². The molecule has 0 saturated heterocycles. The van der Waals surface area contributed by atoms with Gasteiger partial charge in [-0.1, -0.05) is 24.6 Å². The topological polar surface area (TPSA) is 35.8 Å². The Morgan fingerprint density at radius 3 is 2.81 bits per heavy atom. The fourth-order valence-corrected chi connectivity index (χ4v) is 2.33. The van der Waals surface area contributed by atoms with Crippen molar-refractivity contribution in [2.75, 3.05) is 0 Å². The molecule has 16 heavy (non-hydrogen) atoms. The van der Waals surface area contributed by atoms with Crippen LogP contribution in [0, 0.1) is 17.2 Å². The zero-order valence-electron chi connectivity index (χ0n) is 9.33. The number of nitriles is 1. The maximum atomic E-state index is 8.72. The van der Waals surface area contributed by atoms with Gasteiger partial charge in [0.25, 0.3) is 0 Å². The van der Waals surface area contributed by atoms with Gasteiger partial charge in [-0.15, -0.1) is 0 Å². The molecule has 0 aliphatic heterocycles. The van der Waals surface area contributed by atoms with Crippen LogP contribution in [0.25, 0.3) is 0 Å². The summed E-state index contributed by atoms with van der Waals surface area (Å²) in [6.45, 7) is 3.06. The van der Waals surface area contributed by atoms with Crippen LogP contribution in [0.5, 0.6) is 0 Å². The summed E-state index contributed by atoms with van der Waals surface area (Å²) >= 11 is 6.09. The lowest BCUT2D eigenvalue weighted by Gasteiger charge is -2.33. The first kappa shape index (κ1) is 11.4. The third-order valence-corrected chi connectivity index (χ3v) is 3.49. The number of nitrogens with one attached hydrogen (secondary N) is 1. The van der Waals surface area contributed by atoms with Gasteiger partial charge >= 0.3 is 0 Å². The summed E-state index contributed by atoms with van der Waals surface area (Å²) in [5.41, 5.74) is 1.69. The van der Waals surface area contributed by atoms with Crippen LogP contribution < -0.4 is 5.32 Å². The standard InChI is InChI=1S/C13H15ClN2/c1-9-4-12(5-9)16-8-11-3-2-10(7-15)6-13(11)14/h2-3,6,9,12,16H,4-5,8H2,1H3. The van der Waals surface area contributed by atoms with Crippen LogP contribution in [0.2, 0.25) is 5.02 Å². The minimum atomic E-state index is 0.617. The van der Waals surface area contributed by atoms with Crippen molar-refractivity contribution < 1.29 is 0 Å². The lowest BCUT2D eigenvalue weighted by molar-refractivity contribution is 0.240. The van der Waals surface area contributed by atoms with E-state index in [0.717, 1.165) is 18.0 Å². The zero-order chi connectivity index (χ0) is 11.5. The summed E-state index contributed by atoms with van der Waals surface area (Å²) in [5.74, 6) is 0.855. The minimum absolute atomic E-state index is 0.617. The highest BCUT2D eigenvalue weighted by Gasteiger charge is 2.24. The van der Waals surface area contributed by atoms with Crippen LogP contribution in [0.3, 0.4) is 0 Å². The second-order valence-electron chi connectivity index (χ2n) is 4.57.